The Balaban J connectivity index is 1.89. The smallest absolute Gasteiger partial charge is 0.273 e. The van der Waals surface area contributed by atoms with Gasteiger partial charge in [-0.05, 0) is 23.8 Å². The quantitative estimate of drug-likeness (QED) is 0.652. The molecular weight excluding hydrogens is 298 g/mol. The van der Waals surface area contributed by atoms with E-state index < -0.39 is 4.92 Å². The Bertz CT molecular complexity index is 751. The Morgan fingerprint density at radius 1 is 1.26 bits per heavy atom. The molecule has 7 heteroatoms. The predicted molar refractivity (Wildman–Crippen MR) is 83.0 cm³/mol. The minimum atomic E-state index is -0.532. The van der Waals surface area contributed by atoms with Gasteiger partial charge in [0.2, 0.25) is 0 Å². The van der Waals surface area contributed by atoms with Crippen LogP contribution < -0.4 is 10.1 Å². The van der Waals surface area contributed by atoms with Gasteiger partial charge in [-0.3, -0.25) is 14.9 Å². The number of nitrogens with one attached hydrogen (secondary N) is 1. The molecule has 0 heterocycles. The minimum Gasteiger partial charge on any atom is -0.484 e. The number of carbonyl (C=O) groups is 1. The molecule has 0 saturated heterocycles. The Hall–Kier alpha value is -3.40. The fraction of sp³-hybridized carbons (Fsp3) is 0.125. The number of nitriles is 1. The molecule has 23 heavy (non-hydrogen) atoms. The van der Waals surface area contributed by atoms with Crippen molar-refractivity contribution in [1.82, 2.24) is 0 Å². The van der Waals surface area contributed by atoms with Crippen molar-refractivity contribution in [2.45, 2.75) is 6.42 Å². The van der Waals surface area contributed by atoms with Gasteiger partial charge in [-0.1, -0.05) is 18.2 Å². The lowest BCUT2D eigenvalue weighted by molar-refractivity contribution is -0.384. The van der Waals surface area contributed by atoms with Gasteiger partial charge in [0.05, 0.1) is 23.5 Å². The van der Waals surface area contributed by atoms with E-state index in [0.29, 0.717) is 12.1 Å². The lowest BCUT2D eigenvalue weighted by atomic mass is 10.1. The average Bonchev–Trinajstić information content (AvgIpc) is 2.55. The fourth-order valence-electron chi connectivity index (χ4n) is 1.83. The van der Waals surface area contributed by atoms with Crippen LogP contribution in [0.15, 0.2) is 48.5 Å². The molecule has 2 aromatic rings. The molecule has 0 atom stereocenters. The molecule has 0 aliphatic carbocycles. The molecule has 0 aliphatic heterocycles. The average molecular weight is 311 g/mol. The molecule has 2 rings (SSSR count). The first kappa shape index (κ1) is 16.0. The van der Waals surface area contributed by atoms with Crippen LogP contribution in [0.2, 0.25) is 0 Å². The van der Waals surface area contributed by atoms with Crippen LogP contribution in [0.4, 0.5) is 11.4 Å². The van der Waals surface area contributed by atoms with E-state index in [-0.39, 0.29) is 24.0 Å². The number of non-ortho nitro benzene ring substituents is 1. The van der Waals surface area contributed by atoms with Gasteiger partial charge in [0.25, 0.3) is 11.6 Å². The van der Waals surface area contributed by atoms with Crippen LogP contribution in [-0.4, -0.2) is 17.4 Å². The monoisotopic (exact) mass is 311 g/mol. The molecule has 0 fully saturated rings. The molecular formula is C16H13N3O4. The summed E-state index contributed by atoms with van der Waals surface area (Å²) in [5.41, 5.74) is 1.34. The summed E-state index contributed by atoms with van der Waals surface area (Å²) in [6.45, 7) is -0.263. The minimum absolute atomic E-state index is 0.101. The zero-order valence-electron chi connectivity index (χ0n) is 12.1. The fourth-order valence-corrected chi connectivity index (χ4v) is 1.83. The highest BCUT2D eigenvalue weighted by molar-refractivity contribution is 5.91. The van der Waals surface area contributed by atoms with Crippen molar-refractivity contribution >= 4 is 17.3 Å². The van der Waals surface area contributed by atoms with Crippen molar-refractivity contribution in [3.63, 3.8) is 0 Å². The highest BCUT2D eigenvalue weighted by Gasteiger charge is 2.08. The normalized spacial score (nSPS) is 9.70. The lowest BCUT2D eigenvalue weighted by Gasteiger charge is -2.07. The first-order valence-corrected chi connectivity index (χ1v) is 6.71. The molecule has 0 radical (unpaired) electrons. The number of carbonyl (C=O) groups excluding carboxylic acids is 1. The van der Waals surface area contributed by atoms with Crippen LogP contribution in [0, 0.1) is 21.4 Å². The van der Waals surface area contributed by atoms with Crippen molar-refractivity contribution in [3.05, 3.63) is 64.2 Å². The van der Waals surface area contributed by atoms with Crippen LogP contribution in [0.1, 0.15) is 5.56 Å². The zero-order valence-corrected chi connectivity index (χ0v) is 12.1. The van der Waals surface area contributed by atoms with Gasteiger partial charge in [0.1, 0.15) is 5.75 Å². The summed E-state index contributed by atoms with van der Waals surface area (Å²) in [4.78, 5) is 21.9. The Morgan fingerprint density at radius 2 is 2.00 bits per heavy atom. The summed E-state index contributed by atoms with van der Waals surface area (Å²) in [6, 6.07) is 14.5. The van der Waals surface area contributed by atoms with Gasteiger partial charge < -0.3 is 10.1 Å². The molecule has 1 amide bonds. The third kappa shape index (κ3) is 4.82. The number of amides is 1. The van der Waals surface area contributed by atoms with E-state index in [4.69, 9.17) is 10.00 Å². The van der Waals surface area contributed by atoms with E-state index in [9.17, 15) is 14.9 Å². The number of nitro groups is 1. The third-order valence-corrected chi connectivity index (χ3v) is 2.92. The van der Waals surface area contributed by atoms with Crippen LogP contribution >= 0.6 is 0 Å². The van der Waals surface area contributed by atoms with Crippen molar-refractivity contribution < 1.29 is 14.5 Å². The summed E-state index contributed by atoms with van der Waals surface area (Å²) in [5.74, 6) is -0.136. The van der Waals surface area contributed by atoms with Crippen LogP contribution in [-0.2, 0) is 11.2 Å². The SMILES string of the molecule is N#CCc1ccc(NC(=O)COc2cccc([N+](=O)[O-])c2)cc1. The summed E-state index contributed by atoms with van der Waals surface area (Å²) in [5, 5.41) is 21.9. The second kappa shape index (κ2) is 7.56. The number of ether oxygens (including phenoxy) is 1. The van der Waals surface area contributed by atoms with E-state index in [1.807, 2.05) is 6.07 Å². The first-order chi connectivity index (χ1) is 11.1. The number of hydrogen-bond acceptors (Lipinski definition) is 5. The van der Waals surface area contributed by atoms with Gasteiger partial charge in [-0.2, -0.15) is 5.26 Å². The summed E-state index contributed by atoms with van der Waals surface area (Å²) in [6.07, 6.45) is 0.310. The first-order valence-electron chi connectivity index (χ1n) is 6.71. The number of nitrogens with zero attached hydrogens (tertiary/aromatic N) is 2. The van der Waals surface area contributed by atoms with Gasteiger partial charge in [0.15, 0.2) is 6.61 Å². The molecule has 0 bridgehead atoms. The molecule has 0 aromatic heterocycles. The number of benzene rings is 2. The van der Waals surface area contributed by atoms with Crippen LogP contribution in [0.3, 0.4) is 0 Å². The maximum Gasteiger partial charge on any atom is 0.273 e. The largest absolute Gasteiger partial charge is 0.484 e. The zero-order chi connectivity index (χ0) is 16.7. The Labute approximate surface area is 132 Å². The summed E-state index contributed by atoms with van der Waals surface area (Å²) < 4.78 is 5.23. The second-order valence-electron chi connectivity index (χ2n) is 4.62. The van der Waals surface area contributed by atoms with Crippen molar-refractivity contribution in [1.29, 1.82) is 5.26 Å². The molecule has 2 aromatic carbocycles. The van der Waals surface area contributed by atoms with Gasteiger partial charge >= 0.3 is 0 Å². The number of rotatable bonds is 6. The Morgan fingerprint density at radius 3 is 2.65 bits per heavy atom. The maximum atomic E-state index is 11.8. The van der Waals surface area contributed by atoms with Gasteiger partial charge in [-0.25, -0.2) is 0 Å². The van der Waals surface area contributed by atoms with Crippen LogP contribution in [0.25, 0.3) is 0 Å². The third-order valence-electron chi connectivity index (χ3n) is 2.92. The van der Waals surface area contributed by atoms with E-state index in [2.05, 4.69) is 5.32 Å². The number of nitro benzene ring substituents is 1. The molecule has 7 nitrogen and oxygen atoms in total. The standard InChI is InChI=1S/C16H13N3O4/c17-9-8-12-4-6-13(7-5-12)18-16(20)11-23-15-3-1-2-14(10-15)19(21)22/h1-7,10H,8,11H2,(H,18,20). The maximum absolute atomic E-state index is 11.8. The van der Waals surface area contributed by atoms with Crippen LogP contribution in [0.5, 0.6) is 5.75 Å². The molecule has 116 valence electrons. The van der Waals surface area contributed by atoms with E-state index in [1.165, 1.54) is 24.3 Å². The molecule has 0 aliphatic rings. The lowest BCUT2D eigenvalue weighted by Crippen LogP contribution is -2.20. The molecule has 0 unspecified atom stereocenters. The predicted octanol–water partition coefficient (Wildman–Crippen LogP) is 2.68. The van der Waals surface area contributed by atoms with Crippen molar-refractivity contribution in [2.75, 3.05) is 11.9 Å². The highest BCUT2D eigenvalue weighted by atomic mass is 16.6. The van der Waals surface area contributed by atoms with E-state index in [1.54, 1.807) is 24.3 Å². The van der Waals surface area contributed by atoms with E-state index in [0.717, 1.165) is 5.56 Å². The molecule has 0 saturated carbocycles. The van der Waals surface area contributed by atoms with E-state index >= 15 is 0 Å². The number of anilines is 1. The molecule has 1 N–H and O–H groups in total. The van der Waals surface area contributed by atoms with Crippen molar-refractivity contribution in [2.24, 2.45) is 0 Å². The summed E-state index contributed by atoms with van der Waals surface area (Å²) >= 11 is 0. The Kier molecular flexibility index (Phi) is 5.25. The second-order valence-corrected chi connectivity index (χ2v) is 4.62. The van der Waals surface area contributed by atoms with Gasteiger partial charge in [0, 0.05) is 11.8 Å². The highest BCUT2D eigenvalue weighted by Crippen LogP contribution is 2.19. The number of hydrogen-bond donors (Lipinski definition) is 1. The molecule has 0 spiro atoms. The topological polar surface area (TPSA) is 105 Å². The summed E-state index contributed by atoms with van der Waals surface area (Å²) in [7, 11) is 0. The van der Waals surface area contributed by atoms with Gasteiger partial charge in [-0.15, -0.1) is 0 Å². The van der Waals surface area contributed by atoms with Crippen molar-refractivity contribution in [3.8, 4) is 11.8 Å².